The summed E-state index contributed by atoms with van der Waals surface area (Å²) in [6.07, 6.45) is 0. The van der Waals surface area contributed by atoms with Gasteiger partial charge in [-0.2, -0.15) is 4.98 Å². The summed E-state index contributed by atoms with van der Waals surface area (Å²) < 4.78 is 6.12. The molecule has 0 fully saturated rings. The van der Waals surface area contributed by atoms with Crippen LogP contribution in [-0.2, 0) is 0 Å². The van der Waals surface area contributed by atoms with Crippen molar-refractivity contribution in [1.29, 1.82) is 0 Å². The second kappa shape index (κ2) is 8.40. The number of fused-ring (bicyclic) bond motifs is 4. The number of hydrogen-bond acceptors (Lipinski definition) is 3. The average Bonchev–Trinajstić information content (AvgIpc) is 3.32. The highest BCUT2D eigenvalue weighted by Gasteiger charge is 2.17. The number of aromatic nitrogens is 1. The Morgan fingerprint density at radius 3 is 2.06 bits per heavy atom. The highest BCUT2D eigenvalue weighted by atomic mass is 16.3. The van der Waals surface area contributed by atoms with Crippen LogP contribution in [0.25, 0.3) is 44.0 Å². The van der Waals surface area contributed by atoms with E-state index in [2.05, 4.69) is 114 Å². The van der Waals surface area contributed by atoms with Gasteiger partial charge in [-0.1, -0.05) is 91.0 Å². The number of pyridine rings is 1. The number of benzene rings is 5. The molecule has 3 nitrogen and oxygen atoms in total. The second-order valence-corrected chi connectivity index (χ2v) is 8.90. The van der Waals surface area contributed by atoms with Crippen LogP contribution in [0.15, 0.2) is 138 Å². The Balaban J connectivity index is 1.39. The lowest BCUT2D eigenvalue weighted by atomic mass is 10.0. The van der Waals surface area contributed by atoms with Gasteiger partial charge in [0, 0.05) is 22.1 Å². The maximum absolute atomic E-state index is 6.12. The average molecular weight is 463 g/mol. The molecule has 0 amide bonds. The molecule has 0 saturated heterocycles. The largest absolute Gasteiger partial charge is 0.438 e. The van der Waals surface area contributed by atoms with Gasteiger partial charge >= 0.3 is 0 Å². The molecule has 0 radical (unpaired) electrons. The van der Waals surface area contributed by atoms with Gasteiger partial charge in [0.2, 0.25) is 5.71 Å². The molecular formula is C33H22N2O. The van der Waals surface area contributed by atoms with E-state index in [1.807, 2.05) is 24.3 Å². The van der Waals surface area contributed by atoms with Crippen molar-refractivity contribution in [1.82, 2.24) is 4.98 Å². The normalized spacial score (nSPS) is 11.3. The Hall–Kier alpha value is -4.89. The Kier molecular flexibility index (Phi) is 4.78. The predicted octanol–water partition coefficient (Wildman–Crippen LogP) is 9.27. The number of hydrogen-bond donors (Lipinski definition) is 0. The van der Waals surface area contributed by atoms with Crippen LogP contribution in [0.2, 0.25) is 0 Å². The third kappa shape index (κ3) is 3.50. The standard InChI is InChI=1S/C33H22N2O/c1-2-8-23(9-3-1)25-14-17-27(18-15-25)35(28-19-16-24-10-4-5-11-26(24)22-28)32-21-20-30-29-12-6-7-13-31(29)36-33(30)34-32/h1-22H. The molecule has 36 heavy (non-hydrogen) atoms. The van der Waals surface area contributed by atoms with Gasteiger partial charge in [-0.3, -0.25) is 4.90 Å². The number of para-hydroxylation sites is 1. The minimum Gasteiger partial charge on any atom is -0.438 e. The van der Waals surface area contributed by atoms with Crippen molar-refractivity contribution in [2.45, 2.75) is 0 Å². The summed E-state index contributed by atoms with van der Waals surface area (Å²) >= 11 is 0. The van der Waals surface area contributed by atoms with E-state index < -0.39 is 0 Å². The first-order valence-corrected chi connectivity index (χ1v) is 12.1. The van der Waals surface area contributed by atoms with E-state index in [-0.39, 0.29) is 0 Å². The Bertz CT molecular complexity index is 1840. The summed E-state index contributed by atoms with van der Waals surface area (Å²) in [7, 11) is 0. The van der Waals surface area contributed by atoms with Gasteiger partial charge in [0.1, 0.15) is 11.4 Å². The monoisotopic (exact) mass is 462 g/mol. The van der Waals surface area contributed by atoms with Crippen LogP contribution in [0.5, 0.6) is 0 Å². The SMILES string of the molecule is c1ccc(-c2ccc(N(c3ccc4ccccc4c3)c3ccc4c(n3)oc3ccccc34)cc2)cc1. The first-order valence-electron chi connectivity index (χ1n) is 12.1. The predicted molar refractivity (Wildman–Crippen MR) is 149 cm³/mol. The molecule has 7 aromatic rings. The van der Waals surface area contributed by atoms with Crippen LogP contribution in [0.3, 0.4) is 0 Å². The van der Waals surface area contributed by atoms with Gasteiger partial charge in [0.25, 0.3) is 0 Å². The van der Waals surface area contributed by atoms with E-state index in [1.165, 1.54) is 21.9 Å². The van der Waals surface area contributed by atoms with Gasteiger partial charge in [-0.15, -0.1) is 0 Å². The van der Waals surface area contributed by atoms with Gasteiger partial charge in [0.15, 0.2) is 0 Å². The number of nitrogens with zero attached hydrogens (tertiary/aromatic N) is 2. The number of anilines is 3. The third-order valence-corrected chi connectivity index (χ3v) is 6.68. The molecule has 0 spiro atoms. The van der Waals surface area contributed by atoms with Crippen molar-refractivity contribution in [2.24, 2.45) is 0 Å². The zero-order valence-corrected chi connectivity index (χ0v) is 19.5. The quantitative estimate of drug-likeness (QED) is 0.261. The Labute approximate surface area is 208 Å². The molecule has 0 N–H and O–H groups in total. The smallest absolute Gasteiger partial charge is 0.229 e. The zero-order chi connectivity index (χ0) is 23.9. The molecule has 170 valence electrons. The Morgan fingerprint density at radius 2 is 1.19 bits per heavy atom. The van der Waals surface area contributed by atoms with Gasteiger partial charge < -0.3 is 4.42 Å². The lowest BCUT2D eigenvalue weighted by Gasteiger charge is -2.25. The minimum absolute atomic E-state index is 0.639. The molecule has 0 saturated carbocycles. The summed E-state index contributed by atoms with van der Waals surface area (Å²) in [5, 5.41) is 4.50. The molecule has 3 heteroatoms. The maximum atomic E-state index is 6.12. The van der Waals surface area contributed by atoms with Crippen LogP contribution in [0, 0.1) is 0 Å². The highest BCUT2D eigenvalue weighted by molar-refractivity contribution is 6.04. The molecule has 0 aliphatic rings. The van der Waals surface area contributed by atoms with Gasteiger partial charge in [-0.25, -0.2) is 0 Å². The van der Waals surface area contributed by atoms with Crippen LogP contribution in [0.4, 0.5) is 17.2 Å². The summed E-state index contributed by atoms with van der Waals surface area (Å²) in [6, 6.07) is 46.3. The molecule has 2 aromatic heterocycles. The van der Waals surface area contributed by atoms with Crippen molar-refractivity contribution >= 4 is 50.0 Å². The molecule has 0 bridgehead atoms. The molecule has 0 unspecified atom stereocenters. The molecule has 5 aromatic carbocycles. The van der Waals surface area contributed by atoms with Crippen molar-refractivity contribution in [3.63, 3.8) is 0 Å². The molecule has 0 aliphatic carbocycles. The highest BCUT2D eigenvalue weighted by Crippen LogP contribution is 2.38. The van der Waals surface area contributed by atoms with E-state index in [4.69, 9.17) is 9.40 Å². The lowest BCUT2D eigenvalue weighted by Crippen LogP contribution is -2.11. The van der Waals surface area contributed by atoms with Crippen LogP contribution >= 0.6 is 0 Å². The van der Waals surface area contributed by atoms with Crippen molar-refractivity contribution < 1.29 is 4.42 Å². The zero-order valence-electron chi connectivity index (χ0n) is 19.5. The van der Waals surface area contributed by atoms with Crippen LogP contribution < -0.4 is 4.90 Å². The van der Waals surface area contributed by atoms with E-state index in [9.17, 15) is 0 Å². The fourth-order valence-corrected chi connectivity index (χ4v) is 4.88. The number of furan rings is 1. The van der Waals surface area contributed by atoms with Crippen molar-refractivity contribution in [2.75, 3.05) is 4.90 Å². The minimum atomic E-state index is 0.639. The number of rotatable bonds is 4. The summed E-state index contributed by atoms with van der Waals surface area (Å²) in [5.41, 5.74) is 5.95. The Morgan fingerprint density at radius 1 is 0.500 bits per heavy atom. The fraction of sp³-hybridized carbons (Fsp3) is 0. The van der Waals surface area contributed by atoms with Crippen molar-refractivity contribution in [3.8, 4) is 11.1 Å². The third-order valence-electron chi connectivity index (χ3n) is 6.68. The molecule has 2 heterocycles. The topological polar surface area (TPSA) is 29.3 Å². The lowest BCUT2D eigenvalue weighted by molar-refractivity contribution is 0.654. The van der Waals surface area contributed by atoms with E-state index in [0.29, 0.717) is 5.71 Å². The maximum Gasteiger partial charge on any atom is 0.229 e. The first kappa shape index (κ1) is 20.5. The summed E-state index contributed by atoms with van der Waals surface area (Å²) in [5.74, 6) is 0.810. The van der Waals surface area contributed by atoms with Crippen LogP contribution in [0.1, 0.15) is 0 Å². The van der Waals surface area contributed by atoms with E-state index in [0.717, 1.165) is 33.5 Å². The molecule has 0 aliphatic heterocycles. The van der Waals surface area contributed by atoms with E-state index >= 15 is 0 Å². The first-order chi connectivity index (χ1) is 17.8. The molecule has 7 rings (SSSR count). The molecular weight excluding hydrogens is 440 g/mol. The van der Waals surface area contributed by atoms with Crippen LogP contribution in [-0.4, -0.2) is 4.98 Å². The summed E-state index contributed by atoms with van der Waals surface area (Å²) in [4.78, 5) is 7.17. The second-order valence-electron chi connectivity index (χ2n) is 8.90. The molecule has 0 atom stereocenters. The fourth-order valence-electron chi connectivity index (χ4n) is 4.88. The van der Waals surface area contributed by atoms with Crippen molar-refractivity contribution in [3.05, 3.63) is 133 Å². The van der Waals surface area contributed by atoms with Gasteiger partial charge in [-0.05, 0) is 64.4 Å². The van der Waals surface area contributed by atoms with E-state index in [1.54, 1.807) is 0 Å². The van der Waals surface area contributed by atoms with Gasteiger partial charge in [0.05, 0.1) is 0 Å². The summed E-state index contributed by atoms with van der Waals surface area (Å²) in [6.45, 7) is 0.